The highest BCUT2D eigenvalue weighted by atomic mass is 35.5. The number of fused-ring (bicyclic) bond motifs is 1. The number of nitrogens with zero attached hydrogens (tertiary/aromatic N) is 1. The lowest BCUT2D eigenvalue weighted by molar-refractivity contribution is 0.476. The van der Waals surface area contributed by atoms with Crippen molar-refractivity contribution in [2.24, 2.45) is 0 Å². The van der Waals surface area contributed by atoms with Crippen LogP contribution in [0.5, 0.6) is 5.75 Å². The van der Waals surface area contributed by atoms with Gasteiger partial charge in [-0.15, -0.1) is 0 Å². The highest BCUT2D eigenvalue weighted by Crippen LogP contribution is 2.28. The average molecular weight is 214 g/mol. The van der Waals surface area contributed by atoms with Crippen molar-refractivity contribution in [1.29, 1.82) is 0 Å². The molecule has 0 atom stereocenters. The molecule has 2 nitrogen and oxygen atoms in total. The minimum absolute atomic E-state index is 0.0315. The summed E-state index contributed by atoms with van der Waals surface area (Å²) in [6.07, 6.45) is 1.53. The van der Waals surface area contributed by atoms with Crippen molar-refractivity contribution in [3.8, 4) is 5.75 Å². The summed E-state index contributed by atoms with van der Waals surface area (Å²) in [7, 11) is 0. The van der Waals surface area contributed by atoms with Crippen LogP contribution in [0, 0.1) is 0 Å². The zero-order valence-electron chi connectivity index (χ0n) is 6.46. The van der Waals surface area contributed by atoms with Crippen LogP contribution in [0.3, 0.4) is 0 Å². The number of pyridine rings is 1. The van der Waals surface area contributed by atoms with Gasteiger partial charge in [0.05, 0.1) is 15.6 Å². The van der Waals surface area contributed by atoms with Crippen molar-refractivity contribution in [3.63, 3.8) is 0 Å². The summed E-state index contributed by atoms with van der Waals surface area (Å²) in [5.41, 5.74) is 0.673. The SMILES string of the molecule is Oc1cc2ncc(Cl)cc2cc1Cl. The molecule has 2 aromatic rings. The van der Waals surface area contributed by atoms with Crippen molar-refractivity contribution in [1.82, 2.24) is 4.98 Å². The first-order valence-corrected chi connectivity index (χ1v) is 4.36. The Bertz CT molecular complexity index is 470. The molecule has 0 spiro atoms. The van der Waals surface area contributed by atoms with Gasteiger partial charge in [0.25, 0.3) is 0 Å². The molecule has 0 saturated carbocycles. The van der Waals surface area contributed by atoms with Crippen LogP contribution >= 0.6 is 23.2 Å². The van der Waals surface area contributed by atoms with Gasteiger partial charge in [0.1, 0.15) is 5.75 Å². The minimum atomic E-state index is 0.0315. The summed E-state index contributed by atoms with van der Waals surface area (Å²) in [5, 5.41) is 10.9. The van der Waals surface area contributed by atoms with Gasteiger partial charge in [-0.05, 0) is 12.1 Å². The molecule has 66 valence electrons. The summed E-state index contributed by atoms with van der Waals surface area (Å²) in [6, 6.07) is 4.88. The molecule has 4 heteroatoms. The van der Waals surface area contributed by atoms with E-state index in [9.17, 15) is 5.11 Å². The van der Waals surface area contributed by atoms with E-state index in [1.807, 2.05) is 0 Å². The van der Waals surface area contributed by atoms with Gasteiger partial charge in [-0.25, -0.2) is 0 Å². The van der Waals surface area contributed by atoms with E-state index in [0.717, 1.165) is 5.39 Å². The molecule has 1 aromatic heterocycles. The summed E-state index contributed by atoms with van der Waals surface area (Å²) in [5.74, 6) is 0.0315. The third-order valence-corrected chi connectivity index (χ3v) is 2.23. The molecule has 0 saturated heterocycles. The highest BCUT2D eigenvalue weighted by Gasteiger charge is 2.02. The molecular formula is C9H5Cl2NO. The molecule has 0 amide bonds. The van der Waals surface area contributed by atoms with Crippen molar-refractivity contribution < 1.29 is 5.11 Å². The molecule has 0 aliphatic rings. The Morgan fingerprint density at radius 1 is 1.15 bits per heavy atom. The van der Waals surface area contributed by atoms with Gasteiger partial charge in [0, 0.05) is 17.6 Å². The fourth-order valence-corrected chi connectivity index (χ4v) is 1.45. The number of hydrogen-bond donors (Lipinski definition) is 1. The van der Waals surface area contributed by atoms with Crippen LogP contribution in [0.1, 0.15) is 0 Å². The number of phenolic OH excluding ortho intramolecular Hbond substituents is 1. The Hall–Kier alpha value is -0.990. The number of hydrogen-bond acceptors (Lipinski definition) is 2. The van der Waals surface area contributed by atoms with Crippen molar-refractivity contribution in [3.05, 3.63) is 34.4 Å². The lowest BCUT2D eigenvalue weighted by atomic mass is 10.2. The van der Waals surface area contributed by atoms with Gasteiger partial charge < -0.3 is 5.11 Å². The fourth-order valence-electron chi connectivity index (χ4n) is 1.11. The third-order valence-electron chi connectivity index (χ3n) is 1.72. The molecule has 0 aliphatic carbocycles. The third kappa shape index (κ3) is 1.55. The van der Waals surface area contributed by atoms with E-state index in [0.29, 0.717) is 15.6 Å². The van der Waals surface area contributed by atoms with Crippen molar-refractivity contribution >= 4 is 34.1 Å². The maximum Gasteiger partial charge on any atom is 0.136 e. The van der Waals surface area contributed by atoms with E-state index in [1.165, 1.54) is 12.3 Å². The van der Waals surface area contributed by atoms with Crippen LogP contribution < -0.4 is 0 Å². The normalized spacial score (nSPS) is 10.6. The van der Waals surface area contributed by atoms with E-state index in [2.05, 4.69) is 4.98 Å². The van der Waals surface area contributed by atoms with E-state index < -0.39 is 0 Å². The molecule has 0 aliphatic heterocycles. The standard InChI is InChI=1S/C9H5Cl2NO/c10-6-1-5-2-7(11)9(13)3-8(5)12-4-6/h1-4,13H. The second-order valence-electron chi connectivity index (χ2n) is 2.65. The lowest BCUT2D eigenvalue weighted by Crippen LogP contribution is -1.79. The van der Waals surface area contributed by atoms with Gasteiger partial charge in [0.15, 0.2) is 0 Å². The Morgan fingerprint density at radius 3 is 2.69 bits per heavy atom. The highest BCUT2D eigenvalue weighted by molar-refractivity contribution is 6.33. The number of benzene rings is 1. The molecule has 1 aromatic carbocycles. The number of phenols is 1. The number of aromatic hydroxyl groups is 1. The maximum atomic E-state index is 9.28. The molecule has 0 bridgehead atoms. The van der Waals surface area contributed by atoms with Crippen LogP contribution in [-0.2, 0) is 0 Å². The molecule has 1 heterocycles. The van der Waals surface area contributed by atoms with Crippen LogP contribution in [0.25, 0.3) is 10.9 Å². The average Bonchev–Trinajstić information content (AvgIpc) is 2.08. The zero-order chi connectivity index (χ0) is 9.42. The maximum absolute atomic E-state index is 9.28. The van der Waals surface area contributed by atoms with E-state index >= 15 is 0 Å². The first kappa shape index (κ1) is 8.60. The second-order valence-corrected chi connectivity index (χ2v) is 3.49. The van der Waals surface area contributed by atoms with Gasteiger partial charge >= 0.3 is 0 Å². The summed E-state index contributed by atoms with van der Waals surface area (Å²) < 4.78 is 0. The summed E-state index contributed by atoms with van der Waals surface area (Å²) in [6.45, 7) is 0. The van der Waals surface area contributed by atoms with Gasteiger partial charge in [-0.1, -0.05) is 23.2 Å². The van der Waals surface area contributed by atoms with E-state index in [4.69, 9.17) is 23.2 Å². The summed E-state index contributed by atoms with van der Waals surface area (Å²) >= 11 is 11.5. The lowest BCUT2D eigenvalue weighted by Gasteiger charge is -2.00. The second kappa shape index (κ2) is 3.05. The Balaban J connectivity index is 2.81. The predicted octanol–water partition coefficient (Wildman–Crippen LogP) is 3.25. The van der Waals surface area contributed by atoms with Crippen LogP contribution in [-0.4, -0.2) is 10.1 Å². The van der Waals surface area contributed by atoms with Gasteiger partial charge in [-0.2, -0.15) is 0 Å². The predicted molar refractivity (Wildman–Crippen MR) is 53.4 cm³/mol. The van der Waals surface area contributed by atoms with Gasteiger partial charge in [-0.3, -0.25) is 4.98 Å². The topological polar surface area (TPSA) is 33.1 Å². The first-order chi connectivity index (χ1) is 6.16. The number of rotatable bonds is 0. The van der Waals surface area contributed by atoms with Gasteiger partial charge in [0.2, 0.25) is 0 Å². The monoisotopic (exact) mass is 213 g/mol. The quantitative estimate of drug-likeness (QED) is 0.730. The molecular weight excluding hydrogens is 209 g/mol. The number of aromatic nitrogens is 1. The Labute approximate surface area is 84.7 Å². The van der Waals surface area contributed by atoms with E-state index in [-0.39, 0.29) is 5.75 Å². The molecule has 1 N–H and O–H groups in total. The minimum Gasteiger partial charge on any atom is -0.506 e. The van der Waals surface area contributed by atoms with E-state index in [1.54, 1.807) is 12.1 Å². The van der Waals surface area contributed by atoms with Crippen molar-refractivity contribution in [2.75, 3.05) is 0 Å². The Morgan fingerprint density at radius 2 is 1.92 bits per heavy atom. The zero-order valence-corrected chi connectivity index (χ0v) is 7.97. The molecule has 2 rings (SSSR count). The van der Waals surface area contributed by atoms with Crippen molar-refractivity contribution in [2.45, 2.75) is 0 Å². The summed E-state index contributed by atoms with van der Waals surface area (Å²) in [4.78, 5) is 4.03. The molecule has 0 unspecified atom stereocenters. The molecule has 0 fully saturated rings. The molecule has 0 radical (unpaired) electrons. The largest absolute Gasteiger partial charge is 0.506 e. The fraction of sp³-hybridized carbons (Fsp3) is 0. The van der Waals surface area contributed by atoms with Crippen LogP contribution in [0.2, 0.25) is 10.0 Å². The number of halogens is 2. The smallest absolute Gasteiger partial charge is 0.136 e. The molecule has 13 heavy (non-hydrogen) atoms. The van der Waals surface area contributed by atoms with Crippen LogP contribution in [0.4, 0.5) is 0 Å². The first-order valence-electron chi connectivity index (χ1n) is 3.60. The van der Waals surface area contributed by atoms with Crippen LogP contribution in [0.15, 0.2) is 24.4 Å². The Kier molecular flexibility index (Phi) is 2.02.